The number of carboxylic acids is 1. The van der Waals surface area contributed by atoms with Crippen molar-refractivity contribution in [2.75, 3.05) is 19.8 Å². The molecule has 3 unspecified atom stereocenters. The molecule has 4 heteroatoms. The molecule has 1 saturated heterocycles. The van der Waals surface area contributed by atoms with E-state index in [0.29, 0.717) is 25.2 Å². The Bertz CT molecular complexity index is 255. The van der Waals surface area contributed by atoms with E-state index in [-0.39, 0.29) is 12.0 Å². The van der Waals surface area contributed by atoms with Crippen LogP contribution in [0.4, 0.5) is 0 Å². The van der Waals surface area contributed by atoms with Crippen LogP contribution in [0.5, 0.6) is 0 Å². The van der Waals surface area contributed by atoms with Crippen molar-refractivity contribution in [3.8, 4) is 0 Å². The van der Waals surface area contributed by atoms with Gasteiger partial charge in [0.25, 0.3) is 0 Å². The summed E-state index contributed by atoms with van der Waals surface area (Å²) >= 11 is 0. The number of ether oxygens (including phenoxy) is 1. The third kappa shape index (κ3) is 3.68. The fourth-order valence-corrected chi connectivity index (χ4v) is 2.80. The first-order chi connectivity index (χ1) is 7.97. The molecule has 0 saturated carbocycles. The minimum atomic E-state index is -0.734. The fraction of sp³-hybridized carbons (Fsp3) is 0.923. The standard InChI is InChI=1S/C13H25NO3/c1-5-14(10(4)6-9(2)3)12-8-17-7-11(12)13(15)16/h9-12H,5-8H2,1-4H3,(H,15,16). The summed E-state index contributed by atoms with van der Waals surface area (Å²) in [4.78, 5) is 13.5. The second-order valence-corrected chi connectivity index (χ2v) is 5.36. The van der Waals surface area contributed by atoms with Crippen molar-refractivity contribution in [3.05, 3.63) is 0 Å². The monoisotopic (exact) mass is 243 g/mol. The van der Waals surface area contributed by atoms with E-state index < -0.39 is 5.97 Å². The Morgan fingerprint density at radius 3 is 2.53 bits per heavy atom. The van der Waals surface area contributed by atoms with Crippen molar-refractivity contribution in [2.24, 2.45) is 11.8 Å². The summed E-state index contributed by atoms with van der Waals surface area (Å²) in [7, 11) is 0. The van der Waals surface area contributed by atoms with Crippen LogP contribution in [0.25, 0.3) is 0 Å². The molecule has 1 aliphatic heterocycles. The molecule has 0 bridgehead atoms. The molecule has 0 aromatic heterocycles. The lowest BCUT2D eigenvalue weighted by Gasteiger charge is -2.35. The van der Waals surface area contributed by atoms with Gasteiger partial charge in [-0.05, 0) is 25.8 Å². The maximum absolute atomic E-state index is 11.2. The van der Waals surface area contributed by atoms with Crippen molar-refractivity contribution in [1.29, 1.82) is 0 Å². The van der Waals surface area contributed by atoms with Gasteiger partial charge in [0.05, 0.1) is 19.1 Å². The largest absolute Gasteiger partial charge is 0.481 e. The molecule has 0 aromatic carbocycles. The lowest BCUT2D eigenvalue weighted by Crippen LogP contribution is -2.47. The first kappa shape index (κ1) is 14.5. The molecule has 1 N–H and O–H groups in total. The number of likely N-dealkylation sites (N-methyl/N-ethyl adjacent to an activating group) is 1. The van der Waals surface area contributed by atoms with Crippen LogP contribution in [0, 0.1) is 11.8 Å². The highest BCUT2D eigenvalue weighted by molar-refractivity contribution is 5.71. The number of carboxylic acid groups (broad SMARTS) is 1. The normalized spacial score (nSPS) is 26.7. The fourth-order valence-electron chi connectivity index (χ4n) is 2.80. The summed E-state index contributed by atoms with van der Waals surface area (Å²) in [6, 6.07) is 0.444. The number of nitrogens with zero attached hydrogens (tertiary/aromatic N) is 1. The first-order valence-electron chi connectivity index (χ1n) is 6.53. The van der Waals surface area contributed by atoms with E-state index >= 15 is 0 Å². The predicted octanol–water partition coefficient (Wildman–Crippen LogP) is 1.84. The van der Waals surface area contributed by atoms with Gasteiger partial charge in [0.2, 0.25) is 0 Å². The third-order valence-corrected chi connectivity index (χ3v) is 3.54. The van der Waals surface area contributed by atoms with E-state index in [1.165, 1.54) is 0 Å². The Balaban J connectivity index is 2.68. The van der Waals surface area contributed by atoms with Crippen LogP contribution in [0.1, 0.15) is 34.1 Å². The van der Waals surface area contributed by atoms with Crippen LogP contribution in [-0.4, -0.2) is 47.8 Å². The lowest BCUT2D eigenvalue weighted by molar-refractivity contribution is -0.143. The Morgan fingerprint density at radius 2 is 2.06 bits per heavy atom. The van der Waals surface area contributed by atoms with E-state index in [4.69, 9.17) is 4.74 Å². The SMILES string of the molecule is CCN(C(C)CC(C)C)C1COCC1C(=O)O. The van der Waals surface area contributed by atoms with Crippen LogP contribution in [0.2, 0.25) is 0 Å². The maximum atomic E-state index is 11.2. The maximum Gasteiger partial charge on any atom is 0.310 e. The van der Waals surface area contributed by atoms with Gasteiger partial charge in [-0.3, -0.25) is 9.69 Å². The number of rotatable bonds is 6. The van der Waals surface area contributed by atoms with Crippen LogP contribution in [0.3, 0.4) is 0 Å². The smallest absolute Gasteiger partial charge is 0.310 e. The van der Waals surface area contributed by atoms with Gasteiger partial charge in [-0.25, -0.2) is 0 Å². The van der Waals surface area contributed by atoms with E-state index in [2.05, 4.69) is 32.6 Å². The number of aliphatic carboxylic acids is 1. The lowest BCUT2D eigenvalue weighted by atomic mass is 9.97. The number of hydrogen-bond acceptors (Lipinski definition) is 3. The van der Waals surface area contributed by atoms with Crippen molar-refractivity contribution in [1.82, 2.24) is 4.90 Å². The van der Waals surface area contributed by atoms with Crippen LogP contribution >= 0.6 is 0 Å². The highest BCUT2D eigenvalue weighted by Crippen LogP contribution is 2.24. The van der Waals surface area contributed by atoms with Gasteiger partial charge in [0, 0.05) is 12.1 Å². The predicted molar refractivity (Wildman–Crippen MR) is 67.0 cm³/mol. The molecule has 0 spiro atoms. The molecule has 0 aliphatic carbocycles. The minimum Gasteiger partial charge on any atom is -0.481 e. The van der Waals surface area contributed by atoms with Gasteiger partial charge in [0.1, 0.15) is 0 Å². The molecule has 3 atom stereocenters. The molecule has 1 aliphatic rings. The molecule has 17 heavy (non-hydrogen) atoms. The molecule has 1 rings (SSSR count). The molecule has 4 nitrogen and oxygen atoms in total. The minimum absolute atomic E-state index is 0.0336. The zero-order chi connectivity index (χ0) is 13.0. The highest BCUT2D eigenvalue weighted by atomic mass is 16.5. The van der Waals surface area contributed by atoms with Gasteiger partial charge in [-0.1, -0.05) is 20.8 Å². The zero-order valence-corrected chi connectivity index (χ0v) is 11.3. The van der Waals surface area contributed by atoms with Crippen LogP contribution in [0.15, 0.2) is 0 Å². The van der Waals surface area contributed by atoms with E-state index in [9.17, 15) is 9.90 Å². The van der Waals surface area contributed by atoms with Crippen molar-refractivity contribution >= 4 is 5.97 Å². The Hall–Kier alpha value is -0.610. The summed E-state index contributed by atoms with van der Waals surface area (Å²) < 4.78 is 5.35. The molecular formula is C13H25NO3. The quantitative estimate of drug-likeness (QED) is 0.773. The molecule has 1 heterocycles. The Kier molecular flexibility index (Phi) is 5.40. The highest BCUT2D eigenvalue weighted by Gasteiger charge is 2.38. The van der Waals surface area contributed by atoms with Gasteiger partial charge >= 0.3 is 5.97 Å². The second-order valence-electron chi connectivity index (χ2n) is 5.36. The average molecular weight is 243 g/mol. The summed E-state index contributed by atoms with van der Waals surface area (Å²) in [6.07, 6.45) is 1.09. The molecule has 100 valence electrons. The summed E-state index contributed by atoms with van der Waals surface area (Å²) in [5.74, 6) is -0.475. The van der Waals surface area contributed by atoms with Gasteiger partial charge < -0.3 is 9.84 Å². The van der Waals surface area contributed by atoms with E-state index in [1.54, 1.807) is 0 Å². The zero-order valence-electron chi connectivity index (χ0n) is 11.3. The third-order valence-electron chi connectivity index (χ3n) is 3.54. The van der Waals surface area contributed by atoms with Gasteiger partial charge in [-0.15, -0.1) is 0 Å². The van der Waals surface area contributed by atoms with E-state index in [0.717, 1.165) is 13.0 Å². The van der Waals surface area contributed by atoms with Crippen LogP contribution in [-0.2, 0) is 9.53 Å². The molecular weight excluding hydrogens is 218 g/mol. The average Bonchev–Trinajstić information content (AvgIpc) is 2.66. The summed E-state index contributed by atoms with van der Waals surface area (Å²) in [5, 5.41) is 9.19. The number of carbonyl (C=O) groups is 1. The second kappa shape index (κ2) is 6.36. The molecule has 0 radical (unpaired) electrons. The van der Waals surface area contributed by atoms with Crippen molar-refractivity contribution in [3.63, 3.8) is 0 Å². The molecule has 0 amide bonds. The summed E-state index contributed by atoms with van der Waals surface area (Å²) in [5.41, 5.74) is 0. The van der Waals surface area contributed by atoms with E-state index in [1.807, 2.05) is 0 Å². The van der Waals surface area contributed by atoms with Crippen molar-refractivity contribution in [2.45, 2.75) is 46.2 Å². The topological polar surface area (TPSA) is 49.8 Å². The Morgan fingerprint density at radius 1 is 1.41 bits per heavy atom. The van der Waals surface area contributed by atoms with Gasteiger partial charge in [0.15, 0.2) is 0 Å². The van der Waals surface area contributed by atoms with Crippen molar-refractivity contribution < 1.29 is 14.6 Å². The molecule has 0 aromatic rings. The number of hydrogen-bond donors (Lipinski definition) is 1. The summed E-state index contributed by atoms with van der Waals surface area (Å²) in [6.45, 7) is 10.5. The first-order valence-corrected chi connectivity index (χ1v) is 6.53. The Labute approximate surface area is 104 Å². The van der Waals surface area contributed by atoms with Crippen LogP contribution < -0.4 is 0 Å². The van der Waals surface area contributed by atoms with Gasteiger partial charge in [-0.2, -0.15) is 0 Å². The molecule has 1 fully saturated rings.